The van der Waals surface area contributed by atoms with E-state index in [2.05, 4.69) is 0 Å². The van der Waals surface area contributed by atoms with Gasteiger partial charge in [0.05, 0.1) is 17.2 Å². The van der Waals surface area contributed by atoms with E-state index in [0.717, 1.165) is 38.6 Å². The highest BCUT2D eigenvalue weighted by atomic mass is 16.3. The molecule has 5 nitrogen and oxygen atoms in total. The molecular weight excluding hydrogens is 280 g/mol. The SMILES string of the molecule is NC(C(=O)N1CCC2CC21)C12CC3CC(O)(CC(O)(C3)C1)C2. The van der Waals surface area contributed by atoms with Gasteiger partial charge in [-0.1, -0.05) is 0 Å². The molecular formula is C17H26N2O3. The van der Waals surface area contributed by atoms with Gasteiger partial charge in [-0.25, -0.2) is 0 Å². The smallest absolute Gasteiger partial charge is 0.240 e. The summed E-state index contributed by atoms with van der Waals surface area (Å²) in [6.45, 7) is 0.843. The maximum atomic E-state index is 12.9. The molecule has 4 N–H and O–H groups in total. The Morgan fingerprint density at radius 1 is 1.14 bits per heavy atom. The minimum atomic E-state index is -0.806. The molecule has 5 saturated carbocycles. The van der Waals surface area contributed by atoms with Gasteiger partial charge in [0.15, 0.2) is 0 Å². The lowest BCUT2D eigenvalue weighted by Crippen LogP contribution is -2.69. The molecule has 122 valence electrons. The predicted molar refractivity (Wildman–Crippen MR) is 79.7 cm³/mol. The fraction of sp³-hybridized carbons (Fsp3) is 0.941. The van der Waals surface area contributed by atoms with Crippen molar-refractivity contribution in [2.24, 2.45) is 23.0 Å². The third kappa shape index (κ3) is 1.73. The van der Waals surface area contributed by atoms with Crippen LogP contribution in [-0.4, -0.2) is 50.9 Å². The highest BCUT2D eigenvalue weighted by Crippen LogP contribution is 2.64. The third-order valence-corrected chi connectivity index (χ3v) is 7.29. The Kier molecular flexibility index (Phi) is 2.42. The van der Waals surface area contributed by atoms with E-state index in [0.29, 0.717) is 37.1 Å². The van der Waals surface area contributed by atoms with Crippen molar-refractivity contribution in [3.05, 3.63) is 0 Å². The second-order valence-electron chi connectivity index (χ2n) is 9.18. The van der Waals surface area contributed by atoms with Gasteiger partial charge in [-0.3, -0.25) is 4.79 Å². The van der Waals surface area contributed by atoms with Gasteiger partial charge in [-0.15, -0.1) is 0 Å². The second-order valence-corrected chi connectivity index (χ2v) is 9.18. The first-order chi connectivity index (χ1) is 10.3. The number of nitrogens with two attached hydrogens (primary N) is 1. The summed E-state index contributed by atoms with van der Waals surface area (Å²) in [7, 11) is 0. The zero-order chi connectivity index (χ0) is 15.3. The summed E-state index contributed by atoms with van der Waals surface area (Å²) in [5, 5.41) is 21.7. The summed E-state index contributed by atoms with van der Waals surface area (Å²) >= 11 is 0. The topological polar surface area (TPSA) is 86.8 Å². The Bertz CT molecular complexity index is 532. The van der Waals surface area contributed by atoms with Gasteiger partial charge >= 0.3 is 0 Å². The fourth-order valence-electron chi connectivity index (χ4n) is 6.87. The van der Waals surface area contributed by atoms with Crippen LogP contribution in [0.15, 0.2) is 0 Å². The molecule has 22 heavy (non-hydrogen) atoms. The van der Waals surface area contributed by atoms with Crippen LogP contribution in [0.5, 0.6) is 0 Å². The van der Waals surface area contributed by atoms with Crippen molar-refractivity contribution >= 4 is 5.91 Å². The van der Waals surface area contributed by atoms with E-state index in [4.69, 9.17) is 5.73 Å². The molecule has 0 aromatic carbocycles. The van der Waals surface area contributed by atoms with Gasteiger partial charge in [0, 0.05) is 24.4 Å². The number of likely N-dealkylation sites (tertiary alicyclic amines) is 1. The van der Waals surface area contributed by atoms with Crippen molar-refractivity contribution in [1.82, 2.24) is 4.90 Å². The van der Waals surface area contributed by atoms with Crippen LogP contribution in [0.4, 0.5) is 0 Å². The number of fused-ring (bicyclic) bond motifs is 1. The Balaban J connectivity index is 1.45. The molecule has 6 rings (SSSR count). The van der Waals surface area contributed by atoms with E-state index in [1.54, 1.807) is 0 Å². The summed E-state index contributed by atoms with van der Waals surface area (Å²) in [4.78, 5) is 14.9. The lowest BCUT2D eigenvalue weighted by molar-refractivity contribution is -0.234. The molecule has 0 spiro atoms. The van der Waals surface area contributed by atoms with Gasteiger partial charge in [-0.2, -0.15) is 0 Å². The van der Waals surface area contributed by atoms with Crippen LogP contribution in [0.2, 0.25) is 0 Å². The Labute approximate surface area is 130 Å². The summed E-state index contributed by atoms with van der Waals surface area (Å²) in [6.07, 6.45) is 6.34. The van der Waals surface area contributed by atoms with Crippen molar-refractivity contribution in [2.75, 3.05) is 6.54 Å². The van der Waals surface area contributed by atoms with Crippen LogP contribution in [-0.2, 0) is 4.79 Å². The van der Waals surface area contributed by atoms with Gasteiger partial charge in [-0.05, 0) is 56.8 Å². The lowest BCUT2D eigenvalue weighted by atomic mass is 9.44. The number of amides is 1. The molecule has 6 fully saturated rings. The average molecular weight is 306 g/mol. The maximum absolute atomic E-state index is 12.9. The molecule has 1 saturated heterocycles. The summed E-state index contributed by atoms with van der Waals surface area (Å²) < 4.78 is 0. The average Bonchev–Trinajstić information content (AvgIpc) is 3.04. The molecule has 0 radical (unpaired) electrons. The Hall–Kier alpha value is -0.650. The third-order valence-electron chi connectivity index (χ3n) is 7.29. The minimum absolute atomic E-state index is 0.0687. The van der Waals surface area contributed by atoms with E-state index in [9.17, 15) is 15.0 Å². The van der Waals surface area contributed by atoms with Crippen LogP contribution >= 0.6 is 0 Å². The molecule has 1 amide bonds. The zero-order valence-electron chi connectivity index (χ0n) is 13.0. The van der Waals surface area contributed by atoms with Gasteiger partial charge in [0.25, 0.3) is 0 Å². The number of nitrogens with zero attached hydrogens (tertiary/aromatic N) is 1. The van der Waals surface area contributed by atoms with E-state index in [-0.39, 0.29) is 5.91 Å². The molecule has 5 atom stereocenters. The van der Waals surface area contributed by atoms with Crippen LogP contribution in [0.25, 0.3) is 0 Å². The number of carbonyl (C=O) groups is 1. The first-order valence-electron chi connectivity index (χ1n) is 8.82. The Morgan fingerprint density at radius 2 is 1.82 bits per heavy atom. The molecule has 1 heterocycles. The van der Waals surface area contributed by atoms with E-state index < -0.39 is 22.7 Å². The van der Waals surface area contributed by atoms with Crippen molar-refractivity contribution in [3.8, 4) is 0 Å². The molecule has 5 unspecified atom stereocenters. The van der Waals surface area contributed by atoms with Crippen molar-refractivity contribution in [2.45, 2.75) is 74.7 Å². The van der Waals surface area contributed by atoms with Crippen LogP contribution in [0.1, 0.15) is 51.4 Å². The largest absolute Gasteiger partial charge is 0.390 e. The quantitative estimate of drug-likeness (QED) is 0.688. The van der Waals surface area contributed by atoms with Crippen LogP contribution in [0, 0.1) is 17.3 Å². The highest BCUT2D eigenvalue weighted by molar-refractivity contribution is 5.84. The summed E-state index contributed by atoms with van der Waals surface area (Å²) in [5.74, 6) is 1.09. The molecule has 0 aromatic rings. The lowest BCUT2D eigenvalue weighted by Gasteiger charge is -2.64. The van der Waals surface area contributed by atoms with E-state index >= 15 is 0 Å². The monoisotopic (exact) mass is 306 g/mol. The number of piperidine rings is 1. The molecule has 5 heteroatoms. The van der Waals surface area contributed by atoms with Crippen molar-refractivity contribution < 1.29 is 15.0 Å². The summed E-state index contributed by atoms with van der Waals surface area (Å²) in [6, 6.07) is -0.132. The summed E-state index contributed by atoms with van der Waals surface area (Å²) in [5.41, 5.74) is 4.47. The van der Waals surface area contributed by atoms with Crippen LogP contribution in [0.3, 0.4) is 0 Å². The van der Waals surface area contributed by atoms with E-state index in [1.165, 1.54) is 0 Å². The van der Waals surface area contributed by atoms with Crippen LogP contribution < -0.4 is 5.73 Å². The Morgan fingerprint density at radius 3 is 2.32 bits per heavy atom. The standard InChI is InChI=1S/C17H26N2O3/c18-13(14(20)19-2-1-11-3-12(11)19)15-4-10-5-16(21,7-15)9-17(22,6-10)8-15/h10-13,21-22H,1-9,18H2. The number of carbonyl (C=O) groups excluding carboxylic acids is 1. The fourth-order valence-corrected chi connectivity index (χ4v) is 6.87. The van der Waals surface area contributed by atoms with E-state index in [1.807, 2.05) is 4.90 Å². The first-order valence-corrected chi connectivity index (χ1v) is 8.82. The van der Waals surface area contributed by atoms with Gasteiger partial charge in [0.2, 0.25) is 5.91 Å². The van der Waals surface area contributed by atoms with Crippen molar-refractivity contribution in [3.63, 3.8) is 0 Å². The van der Waals surface area contributed by atoms with Gasteiger partial charge < -0.3 is 20.8 Å². The number of aliphatic hydroxyl groups is 2. The number of rotatable bonds is 2. The number of hydrogen-bond acceptors (Lipinski definition) is 4. The normalized spacial score (nSPS) is 56.1. The number of hydrogen-bond donors (Lipinski definition) is 3. The zero-order valence-corrected chi connectivity index (χ0v) is 13.0. The molecule has 6 aliphatic rings. The predicted octanol–water partition coefficient (Wildman–Crippen LogP) is 0.381. The maximum Gasteiger partial charge on any atom is 0.240 e. The molecule has 0 aromatic heterocycles. The minimum Gasteiger partial charge on any atom is -0.390 e. The molecule has 1 aliphatic heterocycles. The second kappa shape index (κ2) is 3.87. The highest BCUT2D eigenvalue weighted by Gasteiger charge is 2.65. The first kappa shape index (κ1) is 13.8. The molecule has 5 aliphatic carbocycles. The van der Waals surface area contributed by atoms with Crippen molar-refractivity contribution in [1.29, 1.82) is 0 Å². The van der Waals surface area contributed by atoms with Gasteiger partial charge in [0.1, 0.15) is 0 Å². The molecule has 4 bridgehead atoms.